The van der Waals surface area contributed by atoms with Gasteiger partial charge in [0.15, 0.2) is 0 Å². The predicted octanol–water partition coefficient (Wildman–Crippen LogP) is 4.80. The molecule has 2 heterocycles. The van der Waals surface area contributed by atoms with Crippen LogP contribution in [0.5, 0.6) is 5.75 Å². The molecule has 0 saturated heterocycles. The van der Waals surface area contributed by atoms with Crippen molar-refractivity contribution in [1.29, 1.82) is 0 Å². The van der Waals surface area contributed by atoms with Crippen molar-refractivity contribution in [3.8, 4) is 5.75 Å². The number of ether oxygens (including phenoxy) is 1. The lowest BCUT2D eigenvalue weighted by atomic mass is 10.0. The molecule has 0 saturated carbocycles. The average Bonchev–Trinajstić information content (AvgIpc) is 3.13. The molecule has 0 aliphatic heterocycles. The molecule has 4 aromatic rings. The zero-order chi connectivity index (χ0) is 22.9. The van der Waals surface area contributed by atoms with E-state index in [9.17, 15) is 21.6 Å². The monoisotopic (exact) mass is 461 g/mol. The maximum Gasteiger partial charge on any atom is 0.573 e. The van der Waals surface area contributed by atoms with Crippen molar-refractivity contribution >= 4 is 26.6 Å². The van der Waals surface area contributed by atoms with Crippen LogP contribution in [0.15, 0.2) is 78.1 Å². The molecule has 0 aliphatic carbocycles. The van der Waals surface area contributed by atoms with Crippen molar-refractivity contribution in [3.63, 3.8) is 0 Å². The van der Waals surface area contributed by atoms with Crippen LogP contribution in [0, 0.1) is 0 Å². The smallest absolute Gasteiger partial charge is 0.406 e. The summed E-state index contributed by atoms with van der Waals surface area (Å²) in [6.07, 6.45) is -0.0539. The van der Waals surface area contributed by atoms with Gasteiger partial charge in [-0.1, -0.05) is 24.3 Å². The SMILES string of the molecule is CNc1cn(S(=O)(=O)c2cccnc2)c2cc(Cc3ccc(OC(F)(F)F)cc3)ccc12. The molecule has 0 bridgehead atoms. The van der Waals surface area contributed by atoms with E-state index < -0.39 is 16.4 Å². The number of hydrogen-bond acceptors (Lipinski definition) is 5. The molecule has 4 rings (SSSR count). The summed E-state index contributed by atoms with van der Waals surface area (Å²) >= 11 is 0. The van der Waals surface area contributed by atoms with Crippen LogP contribution in [0.1, 0.15) is 11.1 Å². The summed E-state index contributed by atoms with van der Waals surface area (Å²) in [7, 11) is -2.17. The maximum absolute atomic E-state index is 13.2. The topological polar surface area (TPSA) is 73.2 Å². The summed E-state index contributed by atoms with van der Waals surface area (Å²) in [4.78, 5) is 3.96. The number of halogens is 3. The van der Waals surface area contributed by atoms with Crippen LogP contribution in [-0.2, 0) is 16.4 Å². The van der Waals surface area contributed by atoms with E-state index in [0.29, 0.717) is 17.6 Å². The Hall–Kier alpha value is -3.53. The highest BCUT2D eigenvalue weighted by molar-refractivity contribution is 7.90. The van der Waals surface area contributed by atoms with Crippen molar-refractivity contribution in [2.24, 2.45) is 0 Å². The second kappa shape index (κ2) is 8.19. The van der Waals surface area contributed by atoms with E-state index in [0.717, 1.165) is 16.5 Å². The Morgan fingerprint density at radius 1 is 1.06 bits per heavy atom. The molecule has 6 nitrogen and oxygen atoms in total. The van der Waals surface area contributed by atoms with E-state index in [1.165, 1.54) is 52.9 Å². The molecule has 0 spiro atoms. The number of aromatic nitrogens is 2. The molecule has 0 fully saturated rings. The molecule has 2 aromatic carbocycles. The molecule has 0 radical (unpaired) electrons. The Balaban J connectivity index is 1.70. The van der Waals surface area contributed by atoms with Crippen LogP contribution in [-0.4, -0.2) is 30.8 Å². The largest absolute Gasteiger partial charge is 0.573 e. The van der Waals surface area contributed by atoms with Crippen LogP contribution in [0.2, 0.25) is 0 Å². The molecule has 0 amide bonds. The molecule has 0 aliphatic rings. The molecule has 2 aromatic heterocycles. The van der Waals surface area contributed by atoms with Gasteiger partial charge in [-0.05, 0) is 47.9 Å². The number of hydrogen-bond donors (Lipinski definition) is 1. The average molecular weight is 461 g/mol. The van der Waals surface area contributed by atoms with E-state index >= 15 is 0 Å². The Morgan fingerprint density at radius 2 is 1.78 bits per heavy atom. The lowest BCUT2D eigenvalue weighted by molar-refractivity contribution is -0.274. The summed E-state index contributed by atoms with van der Waals surface area (Å²) in [5, 5.41) is 3.72. The zero-order valence-electron chi connectivity index (χ0n) is 16.8. The Morgan fingerprint density at radius 3 is 2.41 bits per heavy atom. The number of nitrogens with one attached hydrogen (secondary N) is 1. The fourth-order valence-corrected chi connectivity index (χ4v) is 4.74. The summed E-state index contributed by atoms with van der Waals surface area (Å²) in [5.74, 6) is -0.299. The number of fused-ring (bicyclic) bond motifs is 1. The van der Waals surface area contributed by atoms with E-state index in [4.69, 9.17) is 0 Å². The van der Waals surface area contributed by atoms with Gasteiger partial charge in [-0.2, -0.15) is 0 Å². The molecular formula is C22H18F3N3O3S. The normalized spacial score (nSPS) is 12.1. The fourth-order valence-electron chi connectivity index (χ4n) is 3.41. The summed E-state index contributed by atoms with van der Waals surface area (Å²) in [6.45, 7) is 0. The van der Waals surface area contributed by atoms with Gasteiger partial charge in [0.2, 0.25) is 0 Å². The first kappa shape index (κ1) is 21.7. The molecule has 32 heavy (non-hydrogen) atoms. The lowest BCUT2D eigenvalue weighted by Gasteiger charge is -2.10. The third-order valence-corrected chi connectivity index (χ3v) is 6.52. The highest BCUT2D eigenvalue weighted by Gasteiger charge is 2.31. The van der Waals surface area contributed by atoms with Crippen LogP contribution < -0.4 is 10.1 Å². The third-order valence-electron chi connectivity index (χ3n) is 4.86. The summed E-state index contributed by atoms with van der Waals surface area (Å²) in [6, 6.07) is 14.0. The standard InChI is InChI=1S/C22H18F3N3O3S/c1-26-20-14-28(32(29,30)18-3-2-10-27-13-18)21-12-16(6-9-19(20)21)11-15-4-7-17(8-5-15)31-22(23,24)25/h2-10,12-14,26H,11H2,1H3. The minimum absolute atomic E-state index is 0.0604. The Bertz CT molecular complexity index is 1350. The van der Waals surface area contributed by atoms with Gasteiger partial charge in [-0.3, -0.25) is 4.98 Å². The van der Waals surface area contributed by atoms with Crippen LogP contribution >= 0.6 is 0 Å². The van der Waals surface area contributed by atoms with Gasteiger partial charge in [-0.15, -0.1) is 13.2 Å². The number of alkyl halides is 3. The van der Waals surface area contributed by atoms with Gasteiger partial charge in [0, 0.05) is 31.0 Å². The van der Waals surface area contributed by atoms with Crippen molar-refractivity contribution in [1.82, 2.24) is 8.96 Å². The van der Waals surface area contributed by atoms with E-state index in [-0.39, 0.29) is 10.6 Å². The molecule has 166 valence electrons. The predicted molar refractivity (Wildman–Crippen MR) is 114 cm³/mol. The van der Waals surface area contributed by atoms with Crippen molar-refractivity contribution in [2.75, 3.05) is 12.4 Å². The van der Waals surface area contributed by atoms with Crippen molar-refractivity contribution in [3.05, 3.63) is 84.3 Å². The number of nitrogens with zero attached hydrogens (tertiary/aromatic N) is 2. The molecule has 0 atom stereocenters. The number of rotatable bonds is 6. The molecular weight excluding hydrogens is 443 g/mol. The zero-order valence-corrected chi connectivity index (χ0v) is 17.6. The first-order chi connectivity index (χ1) is 15.2. The van der Waals surface area contributed by atoms with Gasteiger partial charge >= 0.3 is 6.36 Å². The quantitative estimate of drug-likeness (QED) is 0.446. The molecule has 1 N–H and O–H groups in total. The van der Waals surface area contributed by atoms with E-state index in [1.54, 1.807) is 19.2 Å². The van der Waals surface area contributed by atoms with E-state index in [2.05, 4.69) is 15.0 Å². The Labute approximate surface area is 182 Å². The van der Waals surface area contributed by atoms with Gasteiger partial charge in [0.1, 0.15) is 10.6 Å². The second-order valence-electron chi connectivity index (χ2n) is 7.00. The van der Waals surface area contributed by atoms with Gasteiger partial charge in [-0.25, -0.2) is 12.4 Å². The number of benzene rings is 2. The highest BCUT2D eigenvalue weighted by Crippen LogP contribution is 2.31. The fraction of sp³-hybridized carbons (Fsp3) is 0.136. The lowest BCUT2D eigenvalue weighted by Crippen LogP contribution is -2.17. The van der Waals surface area contributed by atoms with Crippen LogP contribution in [0.25, 0.3) is 10.9 Å². The number of anilines is 1. The Kier molecular flexibility index (Phi) is 5.55. The summed E-state index contributed by atoms with van der Waals surface area (Å²) < 4.78 is 68.5. The van der Waals surface area contributed by atoms with Gasteiger partial charge < -0.3 is 10.1 Å². The van der Waals surface area contributed by atoms with Gasteiger partial charge in [0.25, 0.3) is 10.0 Å². The minimum Gasteiger partial charge on any atom is -0.406 e. The van der Waals surface area contributed by atoms with Crippen molar-refractivity contribution < 1.29 is 26.3 Å². The molecule has 10 heteroatoms. The minimum atomic E-state index is -4.75. The second-order valence-corrected chi connectivity index (χ2v) is 8.82. The third kappa shape index (κ3) is 4.40. The van der Waals surface area contributed by atoms with E-state index in [1.807, 2.05) is 12.1 Å². The van der Waals surface area contributed by atoms with Gasteiger partial charge in [0.05, 0.1) is 11.2 Å². The molecule has 0 unspecified atom stereocenters. The summed E-state index contributed by atoms with van der Waals surface area (Å²) in [5.41, 5.74) is 2.67. The van der Waals surface area contributed by atoms with Crippen LogP contribution in [0.3, 0.4) is 0 Å². The first-order valence-electron chi connectivity index (χ1n) is 9.49. The first-order valence-corrected chi connectivity index (χ1v) is 10.9. The number of pyridine rings is 1. The van der Waals surface area contributed by atoms with Crippen LogP contribution in [0.4, 0.5) is 18.9 Å². The highest BCUT2D eigenvalue weighted by atomic mass is 32.2. The van der Waals surface area contributed by atoms with Crippen molar-refractivity contribution in [2.45, 2.75) is 17.7 Å². The maximum atomic E-state index is 13.2.